The standard InChI is InChI=1S/C21H24N2O3/c1-3-23(16-8-5-4-6-9-16)21(25)15(2)14-26-19-11-7-10-18-17(19)12-13-20(24)22-18/h4-11,15H,3,12-14H2,1-2H3,(H,22,24). The molecule has 26 heavy (non-hydrogen) atoms. The summed E-state index contributed by atoms with van der Waals surface area (Å²) in [4.78, 5) is 26.1. The Morgan fingerprint density at radius 1 is 1.15 bits per heavy atom. The van der Waals surface area contributed by atoms with Crippen LogP contribution in [0.5, 0.6) is 5.75 Å². The van der Waals surface area contributed by atoms with Gasteiger partial charge < -0.3 is 15.0 Å². The predicted octanol–water partition coefficient (Wildman–Crippen LogP) is 3.64. The summed E-state index contributed by atoms with van der Waals surface area (Å²) in [6, 6.07) is 15.3. The summed E-state index contributed by atoms with van der Waals surface area (Å²) in [6.45, 7) is 4.76. The van der Waals surface area contributed by atoms with E-state index in [4.69, 9.17) is 4.74 Å². The third-order valence-corrected chi connectivity index (χ3v) is 4.57. The van der Waals surface area contributed by atoms with Crippen LogP contribution in [-0.4, -0.2) is 25.0 Å². The quantitative estimate of drug-likeness (QED) is 0.863. The van der Waals surface area contributed by atoms with Gasteiger partial charge in [0.05, 0.1) is 12.5 Å². The fourth-order valence-electron chi connectivity index (χ4n) is 3.15. The molecule has 2 amide bonds. The van der Waals surface area contributed by atoms with Crippen molar-refractivity contribution in [1.82, 2.24) is 0 Å². The number of nitrogens with one attached hydrogen (secondary N) is 1. The van der Waals surface area contributed by atoms with Crippen molar-refractivity contribution in [1.29, 1.82) is 0 Å². The van der Waals surface area contributed by atoms with Gasteiger partial charge in [-0.2, -0.15) is 0 Å². The Morgan fingerprint density at radius 2 is 1.92 bits per heavy atom. The smallest absolute Gasteiger partial charge is 0.233 e. The Labute approximate surface area is 154 Å². The minimum Gasteiger partial charge on any atom is -0.492 e. The second kappa shape index (κ2) is 8.04. The molecule has 0 fully saturated rings. The highest BCUT2D eigenvalue weighted by Crippen LogP contribution is 2.31. The molecule has 5 heteroatoms. The van der Waals surface area contributed by atoms with Gasteiger partial charge in [-0.3, -0.25) is 9.59 Å². The lowest BCUT2D eigenvalue weighted by molar-refractivity contribution is -0.122. The molecule has 1 N–H and O–H groups in total. The van der Waals surface area contributed by atoms with Crippen LogP contribution in [0.1, 0.15) is 25.8 Å². The Balaban J connectivity index is 1.67. The van der Waals surface area contributed by atoms with Crippen LogP contribution < -0.4 is 15.0 Å². The van der Waals surface area contributed by atoms with Gasteiger partial charge in [-0.1, -0.05) is 31.2 Å². The van der Waals surface area contributed by atoms with Gasteiger partial charge in [0.2, 0.25) is 11.8 Å². The Bertz CT molecular complexity index is 789. The largest absolute Gasteiger partial charge is 0.492 e. The Hall–Kier alpha value is -2.82. The van der Waals surface area contributed by atoms with E-state index in [0.717, 1.165) is 22.7 Å². The number of rotatable bonds is 6. The second-order valence-electron chi connectivity index (χ2n) is 6.46. The zero-order valence-electron chi connectivity index (χ0n) is 15.2. The molecule has 0 aromatic heterocycles. The molecule has 0 saturated carbocycles. The molecule has 2 aromatic rings. The highest BCUT2D eigenvalue weighted by Gasteiger charge is 2.23. The van der Waals surface area contributed by atoms with E-state index in [9.17, 15) is 9.59 Å². The molecular formula is C21H24N2O3. The minimum absolute atomic E-state index is 0.0274. The first-order valence-corrected chi connectivity index (χ1v) is 9.01. The molecule has 0 radical (unpaired) electrons. The average Bonchev–Trinajstić information content (AvgIpc) is 2.67. The molecule has 3 rings (SSSR count). The fraction of sp³-hybridized carbons (Fsp3) is 0.333. The van der Waals surface area contributed by atoms with Crippen molar-refractivity contribution < 1.29 is 14.3 Å². The third-order valence-electron chi connectivity index (χ3n) is 4.57. The van der Waals surface area contributed by atoms with Gasteiger partial charge in [-0.05, 0) is 37.6 Å². The van der Waals surface area contributed by atoms with Crippen LogP contribution in [0, 0.1) is 5.92 Å². The van der Waals surface area contributed by atoms with Crippen LogP contribution >= 0.6 is 0 Å². The first kappa shape index (κ1) is 18.0. The number of hydrogen-bond donors (Lipinski definition) is 1. The van der Waals surface area contributed by atoms with Crippen molar-refractivity contribution in [2.75, 3.05) is 23.4 Å². The van der Waals surface area contributed by atoms with E-state index in [-0.39, 0.29) is 17.7 Å². The summed E-state index contributed by atoms with van der Waals surface area (Å²) in [5.74, 6) is 0.533. The topological polar surface area (TPSA) is 58.6 Å². The predicted molar refractivity (Wildman–Crippen MR) is 103 cm³/mol. The van der Waals surface area contributed by atoms with Crippen molar-refractivity contribution in [2.24, 2.45) is 5.92 Å². The number of anilines is 2. The molecule has 1 unspecified atom stereocenters. The van der Waals surface area contributed by atoms with E-state index in [2.05, 4.69) is 5.32 Å². The molecule has 1 atom stereocenters. The number of carbonyl (C=O) groups excluding carboxylic acids is 2. The van der Waals surface area contributed by atoms with Crippen LogP contribution in [0.2, 0.25) is 0 Å². The molecule has 0 saturated heterocycles. The normalized spacial score (nSPS) is 14.2. The van der Waals surface area contributed by atoms with E-state index in [1.54, 1.807) is 4.90 Å². The number of hydrogen-bond acceptors (Lipinski definition) is 3. The van der Waals surface area contributed by atoms with Crippen LogP contribution in [0.4, 0.5) is 11.4 Å². The van der Waals surface area contributed by atoms with Gasteiger partial charge in [-0.15, -0.1) is 0 Å². The maximum Gasteiger partial charge on any atom is 0.233 e. The number of fused-ring (bicyclic) bond motifs is 1. The molecule has 136 valence electrons. The minimum atomic E-state index is -0.274. The van der Waals surface area contributed by atoms with E-state index in [1.807, 2.05) is 62.4 Å². The summed E-state index contributed by atoms with van der Waals surface area (Å²) in [5, 5.41) is 2.87. The average molecular weight is 352 g/mol. The van der Waals surface area contributed by atoms with E-state index in [1.165, 1.54) is 0 Å². The van der Waals surface area contributed by atoms with Crippen molar-refractivity contribution in [2.45, 2.75) is 26.7 Å². The molecule has 0 spiro atoms. The Kier molecular flexibility index (Phi) is 5.56. The summed E-state index contributed by atoms with van der Waals surface area (Å²) in [6.07, 6.45) is 1.12. The molecule has 1 aliphatic rings. The molecule has 1 aliphatic heterocycles. The molecule has 2 aromatic carbocycles. The lowest BCUT2D eigenvalue weighted by Gasteiger charge is -2.25. The fourth-order valence-corrected chi connectivity index (χ4v) is 3.15. The lowest BCUT2D eigenvalue weighted by Crippen LogP contribution is -2.37. The van der Waals surface area contributed by atoms with E-state index in [0.29, 0.717) is 26.0 Å². The first-order valence-electron chi connectivity index (χ1n) is 9.01. The van der Waals surface area contributed by atoms with Crippen molar-refractivity contribution in [3.05, 3.63) is 54.1 Å². The summed E-state index contributed by atoms with van der Waals surface area (Å²) in [5.41, 5.74) is 2.70. The van der Waals surface area contributed by atoms with Gasteiger partial charge in [0.15, 0.2) is 0 Å². The van der Waals surface area contributed by atoms with Gasteiger partial charge in [0, 0.05) is 29.9 Å². The zero-order chi connectivity index (χ0) is 18.5. The summed E-state index contributed by atoms with van der Waals surface area (Å²) < 4.78 is 5.95. The third kappa shape index (κ3) is 3.87. The van der Waals surface area contributed by atoms with Crippen molar-refractivity contribution in [3.63, 3.8) is 0 Å². The van der Waals surface area contributed by atoms with Gasteiger partial charge in [-0.25, -0.2) is 0 Å². The van der Waals surface area contributed by atoms with Crippen molar-refractivity contribution in [3.8, 4) is 5.75 Å². The molecule has 0 bridgehead atoms. The Morgan fingerprint density at radius 3 is 2.65 bits per heavy atom. The maximum atomic E-state index is 12.8. The number of nitrogens with zero attached hydrogens (tertiary/aromatic N) is 1. The summed E-state index contributed by atoms with van der Waals surface area (Å²) in [7, 11) is 0. The number of ether oxygens (including phenoxy) is 1. The summed E-state index contributed by atoms with van der Waals surface area (Å²) >= 11 is 0. The van der Waals surface area contributed by atoms with Gasteiger partial charge in [0.25, 0.3) is 0 Å². The van der Waals surface area contributed by atoms with Gasteiger partial charge >= 0.3 is 0 Å². The number of amides is 2. The van der Waals surface area contributed by atoms with Crippen LogP contribution in [-0.2, 0) is 16.0 Å². The van der Waals surface area contributed by atoms with Gasteiger partial charge in [0.1, 0.15) is 5.75 Å². The SMILES string of the molecule is CCN(C(=O)C(C)COc1cccc2c1CCC(=O)N2)c1ccccc1. The van der Waals surface area contributed by atoms with Crippen LogP contribution in [0.25, 0.3) is 0 Å². The highest BCUT2D eigenvalue weighted by atomic mass is 16.5. The zero-order valence-corrected chi connectivity index (χ0v) is 15.2. The number of para-hydroxylation sites is 1. The highest BCUT2D eigenvalue weighted by molar-refractivity contribution is 5.95. The number of benzene rings is 2. The van der Waals surface area contributed by atoms with Crippen LogP contribution in [0.15, 0.2) is 48.5 Å². The van der Waals surface area contributed by atoms with Crippen molar-refractivity contribution >= 4 is 23.2 Å². The lowest BCUT2D eigenvalue weighted by atomic mass is 10.0. The van der Waals surface area contributed by atoms with E-state index < -0.39 is 0 Å². The monoisotopic (exact) mass is 352 g/mol. The molecular weight excluding hydrogens is 328 g/mol. The van der Waals surface area contributed by atoms with Crippen LogP contribution in [0.3, 0.4) is 0 Å². The van der Waals surface area contributed by atoms with E-state index >= 15 is 0 Å². The molecule has 0 aliphatic carbocycles. The second-order valence-corrected chi connectivity index (χ2v) is 6.46. The number of carbonyl (C=O) groups is 2. The maximum absolute atomic E-state index is 12.8. The first-order chi connectivity index (χ1) is 12.6. The molecule has 5 nitrogen and oxygen atoms in total. The molecule has 1 heterocycles.